The normalized spacial score (nSPS) is 19.7. The fourth-order valence-corrected chi connectivity index (χ4v) is 2.48. The Bertz CT molecular complexity index is 378. The maximum absolute atomic E-state index is 10.1. The minimum absolute atomic E-state index is 0.318. The number of halogens is 1. The molecule has 0 saturated carbocycles. The van der Waals surface area contributed by atoms with Gasteiger partial charge in [0, 0.05) is 0 Å². The molecule has 1 N–H and O–H groups in total. The Morgan fingerprint density at radius 1 is 1.39 bits per heavy atom. The molecule has 1 aliphatic heterocycles. The van der Waals surface area contributed by atoms with Gasteiger partial charge in [-0.2, -0.15) is 0 Å². The largest absolute Gasteiger partial charge is 0.489 e. The molecule has 1 aromatic rings. The Kier molecular flexibility index (Phi) is 4.87. The van der Waals surface area contributed by atoms with Gasteiger partial charge in [-0.1, -0.05) is 23.7 Å². The van der Waals surface area contributed by atoms with Gasteiger partial charge in [0.15, 0.2) is 0 Å². The van der Waals surface area contributed by atoms with E-state index in [-0.39, 0.29) is 0 Å². The van der Waals surface area contributed by atoms with Crippen LogP contribution in [0.3, 0.4) is 0 Å². The van der Waals surface area contributed by atoms with E-state index >= 15 is 0 Å². The van der Waals surface area contributed by atoms with Crippen molar-refractivity contribution in [3.8, 4) is 5.75 Å². The Hall–Kier alpha value is -0.770. The van der Waals surface area contributed by atoms with Gasteiger partial charge >= 0.3 is 0 Å². The number of ether oxygens (including phenoxy) is 1. The first-order chi connectivity index (χ1) is 8.66. The third kappa shape index (κ3) is 3.61. The molecule has 1 aliphatic rings. The van der Waals surface area contributed by atoms with Gasteiger partial charge in [0.05, 0.1) is 11.1 Å². The highest BCUT2D eigenvalue weighted by Crippen LogP contribution is 2.25. The third-order valence-electron chi connectivity index (χ3n) is 3.55. The fraction of sp³-hybridized carbons (Fsp3) is 0.571. The number of hydrogen-bond acceptors (Lipinski definition) is 3. The van der Waals surface area contributed by atoms with Crippen LogP contribution in [0, 0.1) is 5.92 Å². The van der Waals surface area contributed by atoms with Gasteiger partial charge in [0.1, 0.15) is 12.4 Å². The summed E-state index contributed by atoms with van der Waals surface area (Å²) in [7, 11) is 2.11. The van der Waals surface area contributed by atoms with Gasteiger partial charge in [-0.05, 0) is 51.0 Å². The highest BCUT2D eigenvalue weighted by molar-refractivity contribution is 6.32. The zero-order valence-electron chi connectivity index (χ0n) is 10.7. The van der Waals surface area contributed by atoms with Crippen LogP contribution in [0.25, 0.3) is 0 Å². The lowest BCUT2D eigenvalue weighted by molar-refractivity contribution is 0.0299. The van der Waals surface area contributed by atoms with E-state index in [9.17, 15) is 5.11 Å². The number of likely N-dealkylation sites (tertiary alicyclic amines) is 1. The van der Waals surface area contributed by atoms with E-state index < -0.39 is 6.10 Å². The molecule has 1 aromatic carbocycles. The minimum Gasteiger partial charge on any atom is -0.489 e. The summed E-state index contributed by atoms with van der Waals surface area (Å²) in [4.78, 5) is 2.29. The van der Waals surface area contributed by atoms with Gasteiger partial charge < -0.3 is 14.7 Å². The number of rotatable bonds is 4. The van der Waals surface area contributed by atoms with Crippen molar-refractivity contribution in [2.45, 2.75) is 18.9 Å². The van der Waals surface area contributed by atoms with Crippen molar-refractivity contribution in [2.75, 3.05) is 26.7 Å². The number of benzene rings is 1. The predicted molar refractivity (Wildman–Crippen MR) is 73.2 cm³/mol. The second-order valence-corrected chi connectivity index (χ2v) is 5.36. The lowest BCUT2D eigenvalue weighted by Gasteiger charge is -2.31. The zero-order valence-corrected chi connectivity index (χ0v) is 11.4. The van der Waals surface area contributed by atoms with Crippen LogP contribution >= 0.6 is 11.6 Å². The Morgan fingerprint density at radius 3 is 2.72 bits per heavy atom. The second-order valence-electron chi connectivity index (χ2n) is 4.95. The lowest BCUT2D eigenvalue weighted by Crippen LogP contribution is -2.37. The SMILES string of the molecule is CN1CCC(C(O)COc2ccccc2Cl)CC1. The summed E-state index contributed by atoms with van der Waals surface area (Å²) in [6, 6.07) is 7.36. The minimum atomic E-state index is -0.407. The predicted octanol–water partition coefficient (Wildman–Crippen LogP) is 2.42. The number of piperidine rings is 1. The van der Waals surface area contributed by atoms with E-state index in [2.05, 4.69) is 11.9 Å². The van der Waals surface area contributed by atoms with E-state index in [0.29, 0.717) is 23.3 Å². The molecule has 0 radical (unpaired) electrons. The van der Waals surface area contributed by atoms with Crippen molar-refractivity contribution in [2.24, 2.45) is 5.92 Å². The highest BCUT2D eigenvalue weighted by atomic mass is 35.5. The van der Waals surface area contributed by atoms with Gasteiger partial charge in [-0.15, -0.1) is 0 Å². The van der Waals surface area contributed by atoms with Crippen LogP contribution in [0.1, 0.15) is 12.8 Å². The van der Waals surface area contributed by atoms with Crippen molar-refractivity contribution >= 4 is 11.6 Å². The summed E-state index contributed by atoms with van der Waals surface area (Å²) >= 11 is 6.00. The summed E-state index contributed by atoms with van der Waals surface area (Å²) in [5, 5.41) is 10.7. The van der Waals surface area contributed by atoms with Crippen LogP contribution < -0.4 is 4.74 Å². The molecule has 3 nitrogen and oxygen atoms in total. The van der Waals surface area contributed by atoms with Crippen LogP contribution in [-0.4, -0.2) is 42.9 Å². The van der Waals surface area contributed by atoms with Gasteiger partial charge in [-0.3, -0.25) is 0 Å². The standard InChI is InChI=1S/C14H20ClNO2/c1-16-8-6-11(7-9-16)13(17)10-18-14-5-3-2-4-12(14)15/h2-5,11,13,17H,6-10H2,1H3. The molecular weight excluding hydrogens is 250 g/mol. The van der Waals surface area contributed by atoms with Crippen LogP contribution in [0.4, 0.5) is 0 Å². The summed E-state index contributed by atoms with van der Waals surface area (Å²) < 4.78 is 5.58. The smallest absolute Gasteiger partial charge is 0.138 e. The van der Waals surface area contributed by atoms with E-state index in [0.717, 1.165) is 25.9 Å². The van der Waals surface area contributed by atoms with Crippen LogP contribution in [0.5, 0.6) is 5.75 Å². The first-order valence-corrected chi connectivity index (χ1v) is 6.78. The quantitative estimate of drug-likeness (QED) is 0.911. The average molecular weight is 270 g/mol. The first-order valence-electron chi connectivity index (χ1n) is 6.41. The van der Waals surface area contributed by atoms with Crippen LogP contribution in [0.15, 0.2) is 24.3 Å². The molecule has 1 heterocycles. The number of nitrogens with zero attached hydrogens (tertiary/aromatic N) is 1. The molecule has 18 heavy (non-hydrogen) atoms. The molecular formula is C14H20ClNO2. The van der Waals surface area contributed by atoms with Crippen molar-refractivity contribution in [3.63, 3.8) is 0 Å². The topological polar surface area (TPSA) is 32.7 Å². The van der Waals surface area contributed by atoms with Crippen molar-refractivity contribution < 1.29 is 9.84 Å². The molecule has 0 aromatic heterocycles. The highest BCUT2D eigenvalue weighted by Gasteiger charge is 2.24. The first kappa shape index (κ1) is 13.7. The van der Waals surface area contributed by atoms with E-state index in [1.807, 2.05) is 18.2 Å². The van der Waals surface area contributed by atoms with E-state index in [4.69, 9.17) is 16.3 Å². The molecule has 1 atom stereocenters. The maximum Gasteiger partial charge on any atom is 0.138 e. The summed E-state index contributed by atoms with van der Waals surface area (Å²) in [6.07, 6.45) is 1.66. The van der Waals surface area contributed by atoms with Gasteiger partial charge in [0.25, 0.3) is 0 Å². The molecule has 1 saturated heterocycles. The summed E-state index contributed by atoms with van der Waals surface area (Å²) in [6.45, 7) is 2.42. The van der Waals surface area contributed by atoms with E-state index in [1.54, 1.807) is 6.07 Å². The number of hydrogen-bond donors (Lipinski definition) is 1. The van der Waals surface area contributed by atoms with Crippen molar-refractivity contribution in [1.29, 1.82) is 0 Å². The molecule has 1 fully saturated rings. The monoisotopic (exact) mass is 269 g/mol. The van der Waals surface area contributed by atoms with Crippen molar-refractivity contribution in [3.05, 3.63) is 29.3 Å². The third-order valence-corrected chi connectivity index (χ3v) is 3.87. The summed E-state index contributed by atoms with van der Waals surface area (Å²) in [5.74, 6) is 0.981. The molecule has 0 amide bonds. The average Bonchev–Trinajstić information content (AvgIpc) is 2.38. The molecule has 0 aliphatic carbocycles. The molecule has 100 valence electrons. The number of aliphatic hydroxyl groups excluding tert-OH is 1. The Morgan fingerprint density at radius 2 is 2.06 bits per heavy atom. The summed E-state index contributed by atoms with van der Waals surface area (Å²) in [5.41, 5.74) is 0. The van der Waals surface area contributed by atoms with Crippen LogP contribution in [-0.2, 0) is 0 Å². The van der Waals surface area contributed by atoms with Crippen LogP contribution in [0.2, 0.25) is 5.02 Å². The Labute approximate surface area is 113 Å². The molecule has 1 unspecified atom stereocenters. The zero-order chi connectivity index (χ0) is 13.0. The number of para-hydroxylation sites is 1. The molecule has 0 spiro atoms. The fourth-order valence-electron chi connectivity index (χ4n) is 2.29. The van der Waals surface area contributed by atoms with Crippen molar-refractivity contribution in [1.82, 2.24) is 4.90 Å². The lowest BCUT2D eigenvalue weighted by atomic mass is 9.92. The Balaban J connectivity index is 1.81. The molecule has 2 rings (SSSR count). The van der Waals surface area contributed by atoms with Gasteiger partial charge in [0.2, 0.25) is 0 Å². The molecule has 0 bridgehead atoms. The van der Waals surface area contributed by atoms with Gasteiger partial charge in [-0.25, -0.2) is 0 Å². The van der Waals surface area contributed by atoms with E-state index in [1.165, 1.54) is 0 Å². The number of aliphatic hydroxyl groups is 1. The maximum atomic E-state index is 10.1. The second kappa shape index (κ2) is 6.41. The molecule has 4 heteroatoms.